The minimum atomic E-state index is -4.36. The number of β-amino-alcohol motifs (C(OH)–C–C–N with tert-alkyl or cyclic N) is 1. The van der Waals surface area contributed by atoms with Crippen LogP contribution in [-0.4, -0.2) is 72.0 Å². The number of alkyl halides is 3. The normalized spacial score (nSPS) is 22.3. The molecule has 0 radical (unpaired) electrons. The zero-order valence-electron chi connectivity index (χ0n) is 21.9. The maximum absolute atomic E-state index is 13.4. The molecular formula is C27H41F3N4O2S. The number of piperidine rings is 1. The van der Waals surface area contributed by atoms with Gasteiger partial charge in [0.05, 0.1) is 12.1 Å². The van der Waals surface area contributed by atoms with E-state index in [9.17, 15) is 23.1 Å². The van der Waals surface area contributed by atoms with E-state index in [0.717, 1.165) is 41.4 Å². The number of carbonyl (C=O) groups excluding carboxylic acids is 1. The van der Waals surface area contributed by atoms with Crippen LogP contribution in [0.15, 0.2) is 58.5 Å². The Morgan fingerprint density at radius 3 is 2.51 bits per heavy atom. The molecule has 0 aromatic heterocycles. The molecule has 4 N–H and O–H groups in total. The van der Waals surface area contributed by atoms with Crippen molar-refractivity contribution in [1.29, 1.82) is 0 Å². The van der Waals surface area contributed by atoms with Crippen LogP contribution < -0.4 is 11.1 Å². The number of primary amides is 1. The number of halogens is 3. The van der Waals surface area contributed by atoms with Gasteiger partial charge < -0.3 is 26.0 Å². The molecule has 208 valence electrons. The van der Waals surface area contributed by atoms with Crippen molar-refractivity contribution in [3.8, 4) is 0 Å². The highest BCUT2D eigenvalue weighted by Crippen LogP contribution is 2.42. The number of thioether (sulfide) groups is 1. The summed E-state index contributed by atoms with van der Waals surface area (Å²) in [6.45, 7) is 14.5. The highest BCUT2D eigenvalue weighted by atomic mass is 32.2. The molecule has 0 aromatic rings. The van der Waals surface area contributed by atoms with Crippen molar-refractivity contribution < 1.29 is 23.1 Å². The van der Waals surface area contributed by atoms with E-state index in [1.54, 1.807) is 25.2 Å². The highest BCUT2D eigenvalue weighted by Gasteiger charge is 2.33. The van der Waals surface area contributed by atoms with Gasteiger partial charge >= 0.3 is 12.2 Å². The first-order valence-electron chi connectivity index (χ1n) is 12.8. The lowest BCUT2D eigenvalue weighted by atomic mass is 9.96. The summed E-state index contributed by atoms with van der Waals surface area (Å²) >= 11 is 1.42. The Kier molecular flexibility index (Phi) is 12.3. The van der Waals surface area contributed by atoms with Crippen molar-refractivity contribution in [3.63, 3.8) is 0 Å². The van der Waals surface area contributed by atoms with Gasteiger partial charge in [-0.3, -0.25) is 0 Å². The number of aliphatic hydroxyl groups is 1. The number of carbonyl (C=O) groups is 1. The number of allylic oxidation sites excluding steroid dienone is 5. The first kappa shape index (κ1) is 31.1. The van der Waals surface area contributed by atoms with Crippen LogP contribution in [0.5, 0.6) is 0 Å². The fourth-order valence-corrected chi connectivity index (χ4v) is 5.82. The van der Waals surface area contributed by atoms with Gasteiger partial charge in [-0.05, 0) is 51.3 Å². The number of amides is 2. The molecule has 0 spiro atoms. The van der Waals surface area contributed by atoms with Crippen molar-refractivity contribution >= 4 is 17.8 Å². The van der Waals surface area contributed by atoms with Gasteiger partial charge in [-0.25, -0.2) is 4.79 Å². The predicted octanol–water partition coefficient (Wildman–Crippen LogP) is 5.31. The number of hydrogen-bond donors (Lipinski definition) is 3. The van der Waals surface area contributed by atoms with E-state index in [4.69, 9.17) is 5.73 Å². The molecule has 1 saturated heterocycles. The molecule has 0 aromatic carbocycles. The predicted molar refractivity (Wildman–Crippen MR) is 146 cm³/mol. The van der Waals surface area contributed by atoms with E-state index in [1.165, 1.54) is 17.8 Å². The topological polar surface area (TPSA) is 81.8 Å². The third-order valence-corrected chi connectivity index (χ3v) is 8.08. The van der Waals surface area contributed by atoms with Crippen molar-refractivity contribution in [2.24, 2.45) is 11.7 Å². The molecule has 2 heterocycles. The average Bonchev–Trinajstić information content (AvgIpc) is 2.83. The van der Waals surface area contributed by atoms with Crippen molar-refractivity contribution in [2.45, 2.75) is 64.3 Å². The Bertz CT molecular complexity index is 893. The number of nitrogens with zero attached hydrogens (tertiary/aromatic N) is 2. The molecule has 0 saturated carbocycles. The molecule has 2 rings (SSSR count). The first-order valence-corrected chi connectivity index (χ1v) is 13.6. The molecular weight excluding hydrogens is 501 g/mol. The summed E-state index contributed by atoms with van der Waals surface area (Å²) in [4.78, 5) is 16.8. The number of rotatable bonds is 12. The zero-order chi connectivity index (χ0) is 27.6. The van der Waals surface area contributed by atoms with E-state index in [1.807, 2.05) is 6.92 Å². The van der Waals surface area contributed by atoms with Gasteiger partial charge in [0.25, 0.3) is 0 Å². The van der Waals surface area contributed by atoms with Gasteiger partial charge in [0, 0.05) is 47.1 Å². The largest absolute Gasteiger partial charge is 0.412 e. The molecule has 2 amide bonds. The Morgan fingerprint density at radius 2 is 1.97 bits per heavy atom. The van der Waals surface area contributed by atoms with Gasteiger partial charge in [0.2, 0.25) is 0 Å². The number of nitrogens with one attached hydrogen (secondary N) is 1. The van der Waals surface area contributed by atoms with E-state index < -0.39 is 23.9 Å². The first-order chi connectivity index (χ1) is 17.5. The second kappa shape index (κ2) is 14.7. The Balaban J connectivity index is 2.16. The Hall–Kier alpha value is -2.17. The second-order valence-electron chi connectivity index (χ2n) is 9.59. The lowest BCUT2D eigenvalue weighted by molar-refractivity contribution is -0.0940. The molecule has 2 unspecified atom stereocenters. The van der Waals surface area contributed by atoms with E-state index >= 15 is 0 Å². The number of urea groups is 1. The summed E-state index contributed by atoms with van der Waals surface area (Å²) in [5, 5.41) is 13.7. The van der Waals surface area contributed by atoms with Crippen LogP contribution in [0, 0.1) is 5.92 Å². The van der Waals surface area contributed by atoms with Crippen molar-refractivity contribution in [3.05, 3.63) is 58.5 Å². The van der Waals surface area contributed by atoms with Crippen LogP contribution in [0.25, 0.3) is 0 Å². The fraction of sp³-hybridized carbons (Fsp3) is 0.593. The third-order valence-electron chi connectivity index (χ3n) is 6.74. The monoisotopic (exact) mass is 542 g/mol. The Morgan fingerprint density at radius 1 is 1.30 bits per heavy atom. The quantitative estimate of drug-likeness (QED) is 0.291. The number of hydrogen-bond acceptors (Lipinski definition) is 5. The second-order valence-corrected chi connectivity index (χ2v) is 10.7. The van der Waals surface area contributed by atoms with Gasteiger partial charge in [0.1, 0.15) is 0 Å². The number of likely N-dealkylation sites (tertiary alicyclic amines) is 1. The van der Waals surface area contributed by atoms with Crippen LogP contribution in [0.3, 0.4) is 0 Å². The van der Waals surface area contributed by atoms with Crippen LogP contribution in [0.1, 0.15) is 46.0 Å². The molecule has 0 aliphatic carbocycles. The maximum atomic E-state index is 13.4. The molecule has 10 heteroatoms. The van der Waals surface area contributed by atoms with Crippen LogP contribution in [0.4, 0.5) is 18.0 Å². The number of nitrogens with two attached hydrogens (primary N) is 1. The molecule has 6 nitrogen and oxygen atoms in total. The van der Waals surface area contributed by atoms with Crippen LogP contribution >= 0.6 is 11.8 Å². The molecule has 2 aliphatic rings. The van der Waals surface area contributed by atoms with Crippen molar-refractivity contribution in [2.75, 3.05) is 32.7 Å². The van der Waals surface area contributed by atoms with E-state index in [2.05, 4.69) is 28.3 Å². The number of aliphatic hydroxyl groups excluding tert-OH is 1. The smallest absolute Gasteiger partial charge is 0.390 e. The van der Waals surface area contributed by atoms with Gasteiger partial charge in [-0.1, -0.05) is 49.9 Å². The van der Waals surface area contributed by atoms with Crippen LogP contribution in [-0.2, 0) is 0 Å². The third kappa shape index (κ3) is 9.57. The lowest BCUT2D eigenvalue weighted by Crippen LogP contribution is -2.47. The summed E-state index contributed by atoms with van der Waals surface area (Å²) < 4.78 is 40.3. The molecule has 1 fully saturated rings. The summed E-state index contributed by atoms with van der Waals surface area (Å²) in [5.41, 5.74) is 5.58. The van der Waals surface area contributed by atoms with Crippen molar-refractivity contribution in [1.82, 2.24) is 15.1 Å². The van der Waals surface area contributed by atoms with Gasteiger partial charge in [0.15, 0.2) is 0 Å². The summed E-state index contributed by atoms with van der Waals surface area (Å²) in [6.07, 6.45) is 4.00. The molecule has 2 atom stereocenters. The van der Waals surface area contributed by atoms with Crippen LogP contribution in [0.2, 0.25) is 0 Å². The lowest BCUT2D eigenvalue weighted by Gasteiger charge is -2.41. The highest BCUT2D eigenvalue weighted by molar-refractivity contribution is 8.07. The standard InChI is InChI=1S/C27H41F3N4O2S/c1-5-8-21(27(28,29)30)10-11-25-19(4)34(23(9-6-2)24(7-3)37-25)18-22(35)17-33-14-12-20(13-15-33)16-32-26(31)36/h6-7,10-11,19-20,22,35H,2-3,5,8-9,12-18H2,1,4H3,(H3,31,32,36)/b21-10+,25-11+. The minimum Gasteiger partial charge on any atom is -0.390 e. The molecule has 37 heavy (non-hydrogen) atoms. The average molecular weight is 543 g/mol. The minimum absolute atomic E-state index is 0.0318. The van der Waals surface area contributed by atoms with Gasteiger partial charge in [-0.2, -0.15) is 13.2 Å². The molecule has 0 bridgehead atoms. The summed E-state index contributed by atoms with van der Waals surface area (Å²) in [6, 6.07) is -0.728. The SMILES string of the molecule is C=CCC1=C(C=C)S/C(=C/C=C(\CCC)C(F)(F)F)C(C)N1CC(O)CN1CCC(CNC(N)=O)CC1. The fourth-order valence-electron chi connectivity index (χ4n) is 4.73. The van der Waals surface area contributed by atoms with Gasteiger partial charge in [-0.15, -0.1) is 6.58 Å². The maximum Gasteiger partial charge on any atom is 0.412 e. The zero-order valence-corrected chi connectivity index (χ0v) is 22.7. The molecule has 2 aliphatic heterocycles. The van der Waals surface area contributed by atoms with E-state index in [0.29, 0.717) is 38.4 Å². The summed E-state index contributed by atoms with van der Waals surface area (Å²) in [5.74, 6) is 0.368. The summed E-state index contributed by atoms with van der Waals surface area (Å²) in [7, 11) is 0. The Labute approximate surface area is 223 Å². The van der Waals surface area contributed by atoms with E-state index in [-0.39, 0.29) is 12.5 Å².